The predicted octanol–water partition coefficient (Wildman–Crippen LogP) is 4.82. The molecule has 2 rings (SSSR count). The molecule has 0 aliphatic rings. The van der Waals surface area contributed by atoms with Gasteiger partial charge in [-0.1, -0.05) is 65.7 Å². The number of aryl methyl sites for hydroxylation is 1. The summed E-state index contributed by atoms with van der Waals surface area (Å²) in [7, 11) is 0. The first-order chi connectivity index (χ1) is 7.74. The fourth-order valence-corrected chi connectivity index (χ4v) is 1.67. The highest BCUT2D eigenvalue weighted by atomic mass is 35.5. The van der Waals surface area contributed by atoms with E-state index in [1.807, 2.05) is 24.3 Å². The van der Waals surface area contributed by atoms with E-state index in [-0.39, 0.29) is 0 Å². The maximum atomic E-state index is 5.83. The van der Waals surface area contributed by atoms with Gasteiger partial charge in [-0.2, -0.15) is 0 Å². The topological polar surface area (TPSA) is 0 Å². The van der Waals surface area contributed by atoms with Crippen LogP contribution in [0.3, 0.4) is 0 Å². The lowest BCUT2D eigenvalue weighted by Gasteiger charge is -1.96. The molecule has 0 saturated carbocycles. The van der Waals surface area contributed by atoms with Gasteiger partial charge in [-0.3, -0.25) is 0 Å². The van der Waals surface area contributed by atoms with Gasteiger partial charge in [0.15, 0.2) is 0 Å². The molecule has 0 N–H and O–H groups in total. The van der Waals surface area contributed by atoms with E-state index < -0.39 is 0 Å². The first-order valence-corrected chi connectivity index (χ1v) is 5.62. The molecule has 0 saturated heterocycles. The first-order valence-electron chi connectivity index (χ1n) is 5.24. The normalized spacial score (nSPS) is 10.9. The maximum Gasteiger partial charge on any atom is 0.0406 e. The summed E-state index contributed by atoms with van der Waals surface area (Å²) in [6.07, 6.45) is 4.20. The Hall–Kier alpha value is -1.53. The predicted molar refractivity (Wildman–Crippen MR) is 71.6 cm³/mol. The van der Waals surface area contributed by atoms with Crippen LogP contribution in [-0.2, 0) is 0 Å². The van der Waals surface area contributed by atoms with Gasteiger partial charge in [0.1, 0.15) is 0 Å². The van der Waals surface area contributed by atoms with Crippen LogP contribution in [0.1, 0.15) is 16.7 Å². The van der Waals surface area contributed by atoms with Crippen LogP contribution < -0.4 is 0 Å². The van der Waals surface area contributed by atoms with E-state index in [0.717, 1.165) is 10.6 Å². The number of hydrogen-bond donors (Lipinski definition) is 0. The summed E-state index contributed by atoms with van der Waals surface area (Å²) in [6.45, 7) is 2.10. The summed E-state index contributed by atoms with van der Waals surface area (Å²) in [5.41, 5.74) is 3.65. The Bertz CT molecular complexity index is 495. The zero-order valence-corrected chi connectivity index (χ0v) is 9.91. The smallest absolute Gasteiger partial charge is 0.0406 e. The Labute approximate surface area is 101 Å². The molecule has 2 aromatic carbocycles. The van der Waals surface area contributed by atoms with Crippen LogP contribution in [0.2, 0.25) is 5.02 Å². The monoisotopic (exact) mass is 228 g/mol. The Kier molecular flexibility index (Phi) is 3.43. The van der Waals surface area contributed by atoms with Crippen LogP contribution >= 0.6 is 11.6 Å². The van der Waals surface area contributed by atoms with Gasteiger partial charge >= 0.3 is 0 Å². The molecule has 16 heavy (non-hydrogen) atoms. The molecule has 0 aliphatic heterocycles. The third kappa shape index (κ3) is 2.98. The van der Waals surface area contributed by atoms with Crippen molar-refractivity contribution in [2.45, 2.75) is 6.92 Å². The van der Waals surface area contributed by atoms with Gasteiger partial charge in [0, 0.05) is 5.02 Å². The molecular weight excluding hydrogens is 216 g/mol. The van der Waals surface area contributed by atoms with Gasteiger partial charge in [0.05, 0.1) is 0 Å². The molecule has 0 heterocycles. The summed E-state index contributed by atoms with van der Waals surface area (Å²) >= 11 is 5.83. The maximum absolute atomic E-state index is 5.83. The van der Waals surface area contributed by atoms with Crippen molar-refractivity contribution in [3.63, 3.8) is 0 Å². The molecule has 80 valence electrons. The number of benzene rings is 2. The highest BCUT2D eigenvalue weighted by Crippen LogP contribution is 2.13. The van der Waals surface area contributed by atoms with Crippen molar-refractivity contribution in [3.8, 4) is 0 Å². The standard InChI is InChI=1S/C15H13Cl/c1-12-3-2-4-14(11-12)6-5-13-7-9-15(16)10-8-13/h2-11H,1H3/b6-5+. The fraction of sp³-hybridized carbons (Fsp3) is 0.0667. The Morgan fingerprint density at radius 3 is 2.25 bits per heavy atom. The van der Waals surface area contributed by atoms with Gasteiger partial charge in [-0.25, -0.2) is 0 Å². The van der Waals surface area contributed by atoms with Gasteiger partial charge in [0.25, 0.3) is 0 Å². The molecule has 0 nitrogen and oxygen atoms in total. The van der Waals surface area contributed by atoms with Crippen molar-refractivity contribution < 1.29 is 0 Å². The molecular formula is C15H13Cl. The van der Waals surface area contributed by atoms with Crippen molar-refractivity contribution in [1.29, 1.82) is 0 Å². The van der Waals surface area contributed by atoms with Crippen molar-refractivity contribution in [2.75, 3.05) is 0 Å². The molecule has 0 radical (unpaired) electrons. The summed E-state index contributed by atoms with van der Waals surface area (Å²) in [5.74, 6) is 0. The molecule has 0 spiro atoms. The van der Waals surface area contributed by atoms with Gasteiger partial charge < -0.3 is 0 Å². The lowest BCUT2D eigenvalue weighted by atomic mass is 10.1. The van der Waals surface area contributed by atoms with Gasteiger partial charge in [-0.15, -0.1) is 0 Å². The van der Waals surface area contributed by atoms with Crippen LogP contribution in [0, 0.1) is 6.92 Å². The van der Waals surface area contributed by atoms with E-state index in [9.17, 15) is 0 Å². The largest absolute Gasteiger partial charge is 0.0843 e. The van der Waals surface area contributed by atoms with E-state index in [1.165, 1.54) is 11.1 Å². The van der Waals surface area contributed by atoms with Crippen LogP contribution in [0.15, 0.2) is 48.5 Å². The zero-order valence-electron chi connectivity index (χ0n) is 9.15. The van der Waals surface area contributed by atoms with Crippen molar-refractivity contribution >= 4 is 23.8 Å². The minimum Gasteiger partial charge on any atom is -0.0843 e. The average molecular weight is 229 g/mol. The first kappa shape index (κ1) is 11.0. The minimum atomic E-state index is 0.771. The van der Waals surface area contributed by atoms with Crippen LogP contribution in [0.5, 0.6) is 0 Å². The number of rotatable bonds is 2. The minimum absolute atomic E-state index is 0.771. The van der Waals surface area contributed by atoms with Crippen molar-refractivity contribution in [1.82, 2.24) is 0 Å². The lowest BCUT2D eigenvalue weighted by molar-refractivity contribution is 1.46. The second kappa shape index (κ2) is 5.00. The fourth-order valence-electron chi connectivity index (χ4n) is 1.54. The molecule has 0 unspecified atom stereocenters. The van der Waals surface area contributed by atoms with E-state index >= 15 is 0 Å². The van der Waals surface area contributed by atoms with Crippen LogP contribution in [-0.4, -0.2) is 0 Å². The van der Waals surface area contributed by atoms with Gasteiger partial charge in [-0.05, 0) is 30.2 Å². The van der Waals surface area contributed by atoms with E-state index in [2.05, 4.69) is 43.3 Å². The van der Waals surface area contributed by atoms with Crippen LogP contribution in [0.4, 0.5) is 0 Å². The third-order valence-electron chi connectivity index (χ3n) is 2.38. The molecule has 0 aromatic heterocycles. The van der Waals surface area contributed by atoms with Crippen molar-refractivity contribution in [2.24, 2.45) is 0 Å². The summed E-state index contributed by atoms with van der Waals surface area (Å²) < 4.78 is 0. The quantitative estimate of drug-likeness (QED) is 0.647. The molecule has 0 atom stereocenters. The lowest BCUT2D eigenvalue weighted by Crippen LogP contribution is -1.75. The molecule has 2 aromatic rings. The summed E-state index contributed by atoms with van der Waals surface area (Å²) in [5, 5.41) is 0.771. The van der Waals surface area contributed by atoms with Crippen LogP contribution in [0.25, 0.3) is 12.2 Å². The molecule has 0 aliphatic carbocycles. The molecule has 0 bridgehead atoms. The summed E-state index contributed by atoms with van der Waals surface area (Å²) in [6, 6.07) is 16.2. The summed E-state index contributed by atoms with van der Waals surface area (Å²) in [4.78, 5) is 0. The molecule has 0 fully saturated rings. The third-order valence-corrected chi connectivity index (χ3v) is 2.63. The Balaban J connectivity index is 2.18. The number of hydrogen-bond acceptors (Lipinski definition) is 0. The van der Waals surface area contributed by atoms with Crippen molar-refractivity contribution in [3.05, 3.63) is 70.2 Å². The second-order valence-corrected chi connectivity index (χ2v) is 4.24. The average Bonchev–Trinajstić information content (AvgIpc) is 2.28. The highest BCUT2D eigenvalue weighted by molar-refractivity contribution is 6.30. The highest BCUT2D eigenvalue weighted by Gasteiger charge is 1.89. The van der Waals surface area contributed by atoms with E-state index in [0.29, 0.717) is 0 Å². The molecule has 0 amide bonds. The number of halogens is 1. The Morgan fingerprint density at radius 2 is 1.56 bits per heavy atom. The van der Waals surface area contributed by atoms with Gasteiger partial charge in [0.2, 0.25) is 0 Å². The second-order valence-electron chi connectivity index (χ2n) is 3.80. The van der Waals surface area contributed by atoms with E-state index in [1.54, 1.807) is 0 Å². The van der Waals surface area contributed by atoms with E-state index in [4.69, 9.17) is 11.6 Å². The zero-order chi connectivity index (χ0) is 11.4. The molecule has 1 heteroatoms. The SMILES string of the molecule is Cc1cccc(/C=C/c2ccc(Cl)cc2)c1. The Morgan fingerprint density at radius 1 is 0.875 bits per heavy atom.